The fourth-order valence-electron chi connectivity index (χ4n) is 2.74. The summed E-state index contributed by atoms with van der Waals surface area (Å²) in [5, 5.41) is 2.85. The second kappa shape index (κ2) is 7.86. The van der Waals surface area contributed by atoms with Crippen molar-refractivity contribution in [3.63, 3.8) is 0 Å². The zero-order chi connectivity index (χ0) is 18.5. The molecule has 2 aromatic rings. The third kappa shape index (κ3) is 4.30. The number of urea groups is 1. The summed E-state index contributed by atoms with van der Waals surface area (Å²) >= 11 is 0. The second-order valence-corrected chi connectivity index (χ2v) is 6.26. The molecule has 1 aliphatic heterocycles. The fourth-order valence-corrected chi connectivity index (χ4v) is 2.74. The van der Waals surface area contributed by atoms with Crippen LogP contribution in [0.4, 0.5) is 10.5 Å². The number of anilines is 1. The number of nitrogens with one attached hydrogen (secondary N) is 1. The first-order chi connectivity index (χ1) is 12.5. The van der Waals surface area contributed by atoms with Gasteiger partial charge in [-0.2, -0.15) is 0 Å². The van der Waals surface area contributed by atoms with Gasteiger partial charge in [0.25, 0.3) is 0 Å². The van der Waals surface area contributed by atoms with Crippen molar-refractivity contribution in [2.75, 3.05) is 25.5 Å². The maximum atomic E-state index is 12.6. The van der Waals surface area contributed by atoms with Gasteiger partial charge in [0.05, 0.1) is 25.0 Å². The standard InChI is InChI=1S/C19H22N4O3/c1-14(24)22(2)12-15-5-6-18-16(10-15)13-23(8-9-26-18)19(25)21-17-4-3-7-20-11-17/h3-7,10-11H,8-9,12-13H2,1-2H3,(H,21,25). The Bertz CT molecular complexity index is 795. The van der Waals surface area contributed by atoms with Gasteiger partial charge in [0, 0.05) is 32.3 Å². The van der Waals surface area contributed by atoms with Crippen LogP contribution in [0.1, 0.15) is 18.1 Å². The van der Waals surface area contributed by atoms with Gasteiger partial charge in [-0.15, -0.1) is 0 Å². The molecule has 136 valence electrons. The van der Waals surface area contributed by atoms with E-state index in [4.69, 9.17) is 4.74 Å². The summed E-state index contributed by atoms with van der Waals surface area (Å²) in [6.07, 6.45) is 3.27. The number of pyridine rings is 1. The minimum absolute atomic E-state index is 0.00803. The molecule has 7 heteroatoms. The third-order valence-corrected chi connectivity index (χ3v) is 4.26. The average Bonchev–Trinajstić information content (AvgIpc) is 2.84. The zero-order valence-corrected chi connectivity index (χ0v) is 14.9. The van der Waals surface area contributed by atoms with Gasteiger partial charge >= 0.3 is 6.03 Å². The summed E-state index contributed by atoms with van der Waals surface area (Å²) in [4.78, 5) is 31.4. The minimum Gasteiger partial charge on any atom is -0.491 e. The van der Waals surface area contributed by atoms with Crippen LogP contribution in [-0.2, 0) is 17.9 Å². The predicted molar refractivity (Wildman–Crippen MR) is 97.8 cm³/mol. The molecule has 26 heavy (non-hydrogen) atoms. The number of hydrogen-bond acceptors (Lipinski definition) is 4. The Kier molecular flexibility index (Phi) is 5.36. The number of benzene rings is 1. The van der Waals surface area contributed by atoms with Gasteiger partial charge in [0.15, 0.2) is 0 Å². The molecule has 7 nitrogen and oxygen atoms in total. The van der Waals surface area contributed by atoms with E-state index in [1.54, 1.807) is 41.4 Å². The average molecular weight is 354 g/mol. The van der Waals surface area contributed by atoms with Gasteiger partial charge in [0.2, 0.25) is 5.91 Å². The Morgan fingerprint density at radius 2 is 2.19 bits per heavy atom. The molecule has 3 amide bonds. The minimum atomic E-state index is -0.194. The van der Waals surface area contributed by atoms with E-state index in [1.807, 2.05) is 18.2 Å². The molecule has 1 aromatic carbocycles. The van der Waals surface area contributed by atoms with Crippen molar-refractivity contribution in [2.45, 2.75) is 20.0 Å². The van der Waals surface area contributed by atoms with E-state index >= 15 is 0 Å². The van der Waals surface area contributed by atoms with Crippen molar-refractivity contribution < 1.29 is 14.3 Å². The predicted octanol–water partition coefficient (Wildman–Crippen LogP) is 2.49. The maximum absolute atomic E-state index is 12.6. The van der Waals surface area contributed by atoms with Crippen LogP contribution in [0, 0.1) is 0 Å². The van der Waals surface area contributed by atoms with Crippen LogP contribution in [0.15, 0.2) is 42.7 Å². The molecule has 1 aromatic heterocycles. The molecule has 0 spiro atoms. The molecule has 2 heterocycles. The van der Waals surface area contributed by atoms with E-state index in [2.05, 4.69) is 10.3 Å². The lowest BCUT2D eigenvalue weighted by Crippen LogP contribution is -2.36. The topological polar surface area (TPSA) is 74.8 Å². The molecule has 0 saturated heterocycles. The van der Waals surface area contributed by atoms with Crippen molar-refractivity contribution in [1.82, 2.24) is 14.8 Å². The van der Waals surface area contributed by atoms with Gasteiger partial charge in [-0.05, 0) is 29.8 Å². The van der Waals surface area contributed by atoms with E-state index in [0.717, 1.165) is 16.9 Å². The largest absolute Gasteiger partial charge is 0.491 e. The maximum Gasteiger partial charge on any atom is 0.322 e. The second-order valence-electron chi connectivity index (χ2n) is 6.26. The summed E-state index contributed by atoms with van der Waals surface area (Å²) in [6.45, 7) is 3.42. The van der Waals surface area contributed by atoms with Crippen LogP contribution < -0.4 is 10.1 Å². The number of nitrogens with zero attached hydrogens (tertiary/aromatic N) is 3. The number of hydrogen-bond donors (Lipinski definition) is 1. The van der Waals surface area contributed by atoms with Gasteiger partial charge in [-0.3, -0.25) is 9.78 Å². The van der Waals surface area contributed by atoms with E-state index in [1.165, 1.54) is 6.92 Å². The quantitative estimate of drug-likeness (QED) is 0.919. The van der Waals surface area contributed by atoms with Gasteiger partial charge in [0.1, 0.15) is 12.4 Å². The summed E-state index contributed by atoms with van der Waals surface area (Å²) in [7, 11) is 1.76. The molecule has 1 aliphatic rings. The van der Waals surface area contributed by atoms with Crippen molar-refractivity contribution in [3.8, 4) is 5.75 Å². The van der Waals surface area contributed by atoms with E-state index < -0.39 is 0 Å². The molecule has 1 N–H and O–H groups in total. The number of rotatable bonds is 3. The molecular weight excluding hydrogens is 332 g/mol. The normalized spacial score (nSPS) is 13.2. The smallest absolute Gasteiger partial charge is 0.322 e. The number of fused-ring (bicyclic) bond motifs is 1. The van der Waals surface area contributed by atoms with Crippen molar-refractivity contribution in [1.29, 1.82) is 0 Å². The first kappa shape index (κ1) is 17.7. The Labute approximate surface area is 152 Å². The number of carbonyl (C=O) groups excluding carboxylic acids is 2. The number of ether oxygens (including phenoxy) is 1. The first-order valence-electron chi connectivity index (χ1n) is 8.45. The van der Waals surface area contributed by atoms with E-state index in [-0.39, 0.29) is 11.9 Å². The zero-order valence-electron chi connectivity index (χ0n) is 14.9. The van der Waals surface area contributed by atoms with Crippen LogP contribution in [0.2, 0.25) is 0 Å². The summed E-state index contributed by atoms with van der Waals surface area (Å²) < 4.78 is 5.77. The van der Waals surface area contributed by atoms with E-state index in [0.29, 0.717) is 31.9 Å². The molecule has 0 unspecified atom stereocenters. The Morgan fingerprint density at radius 3 is 2.92 bits per heavy atom. The Balaban J connectivity index is 1.73. The monoisotopic (exact) mass is 354 g/mol. The van der Waals surface area contributed by atoms with Crippen LogP contribution >= 0.6 is 0 Å². The van der Waals surface area contributed by atoms with Crippen LogP contribution in [0.3, 0.4) is 0 Å². The summed E-state index contributed by atoms with van der Waals surface area (Å²) in [6, 6.07) is 9.22. The third-order valence-electron chi connectivity index (χ3n) is 4.26. The molecule has 0 radical (unpaired) electrons. The number of aromatic nitrogens is 1. The highest BCUT2D eigenvalue weighted by atomic mass is 16.5. The lowest BCUT2D eigenvalue weighted by atomic mass is 10.1. The molecule has 0 bridgehead atoms. The van der Waals surface area contributed by atoms with Crippen molar-refractivity contribution in [3.05, 3.63) is 53.9 Å². The van der Waals surface area contributed by atoms with Gasteiger partial charge in [-0.1, -0.05) is 6.07 Å². The SMILES string of the molecule is CC(=O)N(C)Cc1ccc2c(c1)CN(C(=O)Nc1cccnc1)CCO2. The number of carbonyl (C=O) groups is 2. The summed E-state index contributed by atoms with van der Waals surface area (Å²) in [5.74, 6) is 0.782. The van der Waals surface area contributed by atoms with Gasteiger partial charge < -0.3 is 19.9 Å². The lowest BCUT2D eigenvalue weighted by Gasteiger charge is -2.21. The molecule has 0 fully saturated rings. The molecule has 3 rings (SSSR count). The fraction of sp³-hybridized carbons (Fsp3) is 0.316. The van der Waals surface area contributed by atoms with Crippen LogP contribution in [-0.4, -0.2) is 46.9 Å². The summed E-state index contributed by atoms with van der Waals surface area (Å²) in [5.41, 5.74) is 2.58. The highest BCUT2D eigenvalue weighted by molar-refractivity contribution is 5.89. The van der Waals surface area contributed by atoms with Crippen molar-refractivity contribution in [2.24, 2.45) is 0 Å². The van der Waals surface area contributed by atoms with Gasteiger partial charge in [-0.25, -0.2) is 4.79 Å². The van der Waals surface area contributed by atoms with E-state index in [9.17, 15) is 9.59 Å². The highest BCUT2D eigenvalue weighted by Gasteiger charge is 2.20. The lowest BCUT2D eigenvalue weighted by molar-refractivity contribution is -0.128. The number of amides is 3. The molecule has 0 aliphatic carbocycles. The highest BCUT2D eigenvalue weighted by Crippen LogP contribution is 2.25. The van der Waals surface area contributed by atoms with Crippen LogP contribution in [0.25, 0.3) is 0 Å². The molecular formula is C19H22N4O3. The van der Waals surface area contributed by atoms with Crippen molar-refractivity contribution >= 4 is 17.6 Å². The Morgan fingerprint density at radius 1 is 1.35 bits per heavy atom. The van der Waals surface area contributed by atoms with Crippen LogP contribution in [0.5, 0.6) is 5.75 Å². The molecule has 0 saturated carbocycles. The Hall–Kier alpha value is -3.09. The molecule has 0 atom stereocenters. The first-order valence-corrected chi connectivity index (χ1v) is 8.45.